The Kier molecular flexibility index (Phi) is 5.77. The van der Waals surface area contributed by atoms with Crippen molar-refractivity contribution in [3.63, 3.8) is 0 Å². The number of rotatable bonds is 7. The summed E-state index contributed by atoms with van der Waals surface area (Å²) in [6.45, 7) is 1.83. The van der Waals surface area contributed by atoms with Crippen LogP contribution < -0.4 is 5.32 Å². The number of pyridine rings is 1. The van der Waals surface area contributed by atoms with Gasteiger partial charge in [0, 0.05) is 35.9 Å². The van der Waals surface area contributed by atoms with Gasteiger partial charge in [-0.2, -0.15) is 0 Å². The Bertz CT molecular complexity index is 914. The molecule has 0 aliphatic carbocycles. The summed E-state index contributed by atoms with van der Waals surface area (Å²) in [4.78, 5) is 18.9. The molecular formula is C22H23N3O. The predicted molar refractivity (Wildman–Crippen MR) is 109 cm³/mol. The van der Waals surface area contributed by atoms with Crippen LogP contribution in [-0.2, 0) is 0 Å². The smallest absolute Gasteiger partial charge is 0.185 e. The molecule has 132 valence electrons. The van der Waals surface area contributed by atoms with E-state index in [0.717, 1.165) is 35.2 Å². The van der Waals surface area contributed by atoms with Gasteiger partial charge >= 0.3 is 0 Å². The standard InChI is InChI=1S/C22H23N3O/c1-25(2)14-13-23-20-10-8-18(9-11-20)22(26)12-7-17-15-19-5-3-4-6-21(19)24-16-17/h3-12,15-16,23H,13-14H2,1-2H3/b12-7+. The molecule has 3 aromatic rings. The zero-order chi connectivity index (χ0) is 18.4. The number of carbonyl (C=O) groups is 1. The lowest BCUT2D eigenvalue weighted by molar-refractivity contribution is 0.104. The summed E-state index contributed by atoms with van der Waals surface area (Å²) < 4.78 is 0. The number of anilines is 1. The zero-order valence-electron chi connectivity index (χ0n) is 15.1. The lowest BCUT2D eigenvalue weighted by Gasteiger charge is -2.11. The van der Waals surface area contributed by atoms with E-state index in [9.17, 15) is 4.79 Å². The van der Waals surface area contributed by atoms with Crippen LogP contribution >= 0.6 is 0 Å². The molecular weight excluding hydrogens is 322 g/mol. The maximum atomic E-state index is 12.4. The van der Waals surface area contributed by atoms with Gasteiger partial charge in [0.05, 0.1) is 5.52 Å². The summed E-state index contributed by atoms with van der Waals surface area (Å²) >= 11 is 0. The minimum atomic E-state index is -0.0157. The number of nitrogens with zero attached hydrogens (tertiary/aromatic N) is 2. The molecule has 0 unspecified atom stereocenters. The number of fused-ring (bicyclic) bond motifs is 1. The highest BCUT2D eigenvalue weighted by Gasteiger charge is 2.02. The number of allylic oxidation sites excluding steroid dienone is 1. The van der Waals surface area contributed by atoms with Crippen LogP contribution in [0, 0.1) is 0 Å². The average Bonchev–Trinajstić information content (AvgIpc) is 2.66. The van der Waals surface area contributed by atoms with Gasteiger partial charge in [-0.25, -0.2) is 0 Å². The van der Waals surface area contributed by atoms with E-state index in [4.69, 9.17) is 0 Å². The summed E-state index contributed by atoms with van der Waals surface area (Å²) in [5.74, 6) is -0.0157. The van der Waals surface area contributed by atoms with E-state index in [1.165, 1.54) is 0 Å². The van der Waals surface area contributed by atoms with Crippen molar-refractivity contribution in [3.8, 4) is 0 Å². The summed E-state index contributed by atoms with van der Waals surface area (Å²) in [6, 6.07) is 17.6. The van der Waals surface area contributed by atoms with Gasteiger partial charge in [0.25, 0.3) is 0 Å². The number of ketones is 1. The molecule has 26 heavy (non-hydrogen) atoms. The molecule has 0 saturated carbocycles. The van der Waals surface area contributed by atoms with Crippen LogP contribution in [-0.4, -0.2) is 42.9 Å². The van der Waals surface area contributed by atoms with Gasteiger partial charge in [0.2, 0.25) is 0 Å². The second kappa shape index (κ2) is 8.41. The molecule has 1 heterocycles. The number of hydrogen-bond acceptors (Lipinski definition) is 4. The molecule has 4 heteroatoms. The van der Waals surface area contributed by atoms with Crippen LogP contribution in [0.25, 0.3) is 17.0 Å². The van der Waals surface area contributed by atoms with Crippen LogP contribution in [0.4, 0.5) is 5.69 Å². The second-order valence-electron chi connectivity index (χ2n) is 6.47. The highest BCUT2D eigenvalue weighted by Crippen LogP contribution is 2.15. The normalized spacial score (nSPS) is 11.3. The van der Waals surface area contributed by atoms with Gasteiger partial charge in [-0.1, -0.05) is 18.2 Å². The molecule has 4 nitrogen and oxygen atoms in total. The first-order valence-electron chi connectivity index (χ1n) is 8.68. The van der Waals surface area contributed by atoms with Gasteiger partial charge in [-0.15, -0.1) is 0 Å². The van der Waals surface area contributed by atoms with Crippen molar-refractivity contribution in [2.24, 2.45) is 0 Å². The van der Waals surface area contributed by atoms with E-state index >= 15 is 0 Å². The van der Waals surface area contributed by atoms with Crippen LogP contribution in [0.1, 0.15) is 15.9 Å². The van der Waals surface area contributed by atoms with Gasteiger partial charge in [-0.05, 0) is 68.2 Å². The summed E-state index contributed by atoms with van der Waals surface area (Å²) in [7, 11) is 4.09. The van der Waals surface area contributed by atoms with Gasteiger partial charge in [-0.3, -0.25) is 9.78 Å². The Morgan fingerprint density at radius 3 is 2.65 bits per heavy atom. The largest absolute Gasteiger partial charge is 0.384 e. The van der Waals surface area contributed by atoms with E-state index in [-0.39, 0.29) is 5.78 Å². The van der Waals surface area contributed by atoms with Crippen molar-refractivity contribution >= 4 is 28.4 Å². The van der Waals surface area contributed by atoms with Crippen LogP contribution in [0.3, 0.4) is 0 Å². The Hall–Kier alpha value is -2.98. The number of benzene rings is 2. The fourth-order valence-corrected chi connectivity index (χ4v) is 2.62. The molecule has 0 bridgehead atoms. The van der Waals surface area contributed by atoms with Crippen molar-refractivity contribution in [3.05, 3.63) is 78.0 Å². The monoisotopic (exact) mass is 345 g/mol. The fourth-order valence-electron chi connectivity index (χ4n) is 2.62. The van der Waals surface area contributed by atoms with Crippen molar-refractivity contribution in [2.75, 3.05) is 32.5 Å². The van der Waals surface area contributed by atoms with Gasteiger partial charge in [0.1, 0.15) is 0 Å². The molecule has 2 aromatic carbocycles. The Morgan fingerprint density at radius 1 is 1.12 bits per heavy atom. The highest BCUT2D eigenvalue weighted by molar-refractivity contribution is 6.07. The molecule has 0 aliphatic rings. The third-order valence-corrected chi connectivity index (χ3v) is 4.10. The average molecular weight is 345 g/mol. The SMILES string of the molecule is CN(C)CCNc1ccc(C(=O)/C=C/c2cnc3ccccc3c2)cc1. The van der Waals surface area contributed by atoms with Gasteiger partial charge in [0.15, 0.2) is 5.78 Å². The second-order valence-corrected chi connectivity index (χ2v) is 6.47. The first-order valence-corrected chi connectivity index (χ1v) is 8.68. The van der Waals surface area contributed by atoms with Crippen molar-refractivity contribution < 1.29 is 4.79 Å². The van der Waals surface area contributed by atoms with E-state index < -0.39 is 0 Å². The Balaban J connectivity index is 1.63. The van der Waals surface area contributed by atoms with Crippen LogP contribution in [0.5, 0.6) is 0 Å². The maximum absolute atomic E-state index is 12.4. The topological polar surface area (TPSA) is 45.2 Å². The summed E-state index contributed by atoms with van der Waals surface area (Å²) in [6.07, 6.45) is 5.19. The van der Waals surface area contributed by atoms with E-state index in [0.29, 0.717) is 5.56 Å². The molecule has 0 radical (unpaired) electrons. The van der Waals surface area contributed by atoms with Crippen LogP contribution in [0.15, 0.2) is 66.9 Å². The lowest BCUT2D eigenvalue weighted by atomic mass is 10.1. The van der Waals surface area contributed by atoms with E-state index in [1.807, 2.05) is 74.8 Å². The van der Waals surface area contributed by atoms with Gasteiger partial charge < -0.3 is 10.2 Å². The number of nitrogens with one attached hydrogen (secondary N) is 1. The Labute approximate surface area is 154 Å². The first-order chi connectivity index (χ1) is 12.6. The third kappa shape index (κ3) is 4.77. The quantitative estimate of drug-likeness (QED) is 0.517. The summed E-state index contributed by atoms with van der Waals surface area (Å²) in [5.41, 5.74) is 3.56. The molecule has 3 rings (SSSR count). The Morgan fingerprint density at radius 2 is 1.88 bits per heavy atom. The number of carbonyl (C=O) groups excluding carboxylic acids is 1. The van der Waals surface area contributed by atoms with Crippen LogP contribution in [0.2, 0.25) is 0 Å². The minimum absolute atomic E-state index is 0.0157. The molecule has 0 fully saturated rings. The zero-order valence-corrected chi connectivity index (χ0v) is 15.1. The maximum Gasteiger partial charge on any atom is 0.185 e. The lowest BCUT2D eigenvalue weighted by Crippen LogP contribution is -2.20. The number of aromatic nitrogens is 1. The molecule has 0 saturated heterocycles. The molecule has 0 amide bonds. The molecule has 1 aromatic heterocycles. The predicted octanol–water partition coefficient (Wildman–Crippen LogP) is 4.10. The number of likely N-dealkylation sites (N-methyl/N-ethyl adjacent to an activating group) is 1. The molecule has 1 N–H and O–H groups in total. The number of hydrogen-bond donors (Lipinski definition) is 1. The minimum Gasteiger partial charge on any atom is -0.384 e. The third-order valence-electron chi connectivity index (χ3n) is 4.10. The van der Waals surface area contributed by atoms with E-state index in [2.05, 4.69) is 15.2 Å². The molecule has 0 spiro atoms. The molecule has 0 atom stereocenters. The van der Waals surface area contributed by atoms with E-state index in [1.54, 1.807) is 12.3 Å². The highest BCUT2D eigenvalue weighted by atomic mass is 16.1. The number of para-hydroxylation sites is 1. The molecule has 0 aliphatic heterocycles. The van der Waals surface area contributed by atoms with Crippen molar-refractivity contribution in [1.29, 1.82) is 0 Å². The first kappa shape index (κ1) is 17.8. The fraction of sp³-hybridized carbons (Fsp3) is 0.182. The van der Waals surface area contributed by atoms with Crippen molar-refractivity contribution in [2.45, 2.75) is 0 Å². The summed E-state index contributed by atoms with van der Waals surface area (Å²) in [5, 5.41) is 4.40. The van der Waals surface area contributed by atoms with Crippen molar-refractivity contribution in [1.82, 2.24) is 9.88 Å².